The third-order valence-electron chi connectivity index (χ3n) is 4.63. The van der Waals surface area contributed by atoms with Crippen LogP contribution in [0, 0.1) is 0 Å². The summed E-state index contributed by atoms with van der Waals surface area (Å²) < 4.78 is 14.0. The SMILES string of the molecule is CC1(C)OB(c2cnc(NCCCn3ccnc3)nc2)OC1(C)C. The Hall–Kier alpha value is -1.93. The molecule has 128 valence electrons. The van der Waals surface area contributed by atoms with Crippen molar-refractivity contribution in [3.63, 3.8) is 0 Å². The molecule has 2 aromatic heterocycles. The largest absolute Gasteiger partial charge is 0.498 e. The number of nitrogens with zero attached hydrogens (tertiary/aromatic N) is 4. The second-order valence-electron chi connectivity index (χ2n) is 7.01. The molecule has 0 unspecified atom stereocenters. The van der Waals surface area contributed by atoms with E-state index in [0.29, 0.717) is 5.95 Å². The molecule has 7 nitrogen and oxygen atoms in total. The fourth-order valence-corrected chi connectivity index (χ4v) is 2.41. The maximum Gasteiger partial charge on any atom is 0.498 e. The smallest absolute Gasteiger partial charge is 0.399 e. The van der Waals surface area contributed by atoms with Gasteiger partial charge < -0.3 is 19.2 Å². The Labute approximate surface area is 143 Å². The second-order valence-corrected chi connectivity index (χ2v) is 7.01. The Morgan fingerprint density at radius 1 is 1.12 bits per heavy atom. The highest BCUT2D eigenvalue weighted by atomic mass is 16.7. The number of anilines is 1. The zero-order valence-electron chi connectivity index (χ0n) is 14.7. The number of aromatic nitrogens is 4. The molecule has 3 rings (SSSR count). The monoisotopic (exact) mass is 329 g/mol. The average molecular weight is 329 g/mol. The Bertz CT molecular complexity index is 642. The van der Waals surface area contributed by atoms with E-state index in [9.17, 15) is 0 Å². The van der Waals surface area contributed by atoms with Crippen LogP contribution in [0.5, 0.6) is 0 Å². The minimum absolute atomic E-state index is 0.359. The fraction of sp³-hybridized carbons (Fsp3) is 0.562. The van der Waals surface area contributed by atoms with Gasteiger partial charge in [-0.2, -0.15) is 0 Å². The molecule has 1 N–H and O–H groups in total. The summed E-state index contributed by atoms with van der Waals surface area (Å²) in [5, 5.41) is 3.22. The van der Waals surface area contributed by atoms with Crippen LogP contribution in [0.2, 0.25) is 0 Å². The molecule has 0 bridgehead atoms. The summed E-state index contributed by atoms with van der Waals surface area (Å²) in [4.78, 5) is 12.7. The van der Waals surface area contributed by atoms with E-state index in [0.717, 1.165) is 25.0 Å². The van der Waals surface area contributed by atoms with Gasteiger partial charge in [-0.15, -0.1) is 0 Å². The number of rotatable bonds is 6. The van der Waals surface area contributed by atoms with Crippen molar-refractivity contribution in [2.24, 2.45) is 0 Å². The third kappa shape index (κ3) is 3.60. The van der Waals surface area contributed by atoms with Crippen LogP contribution in [-0.4, -0.2) is 44.4 Å². The zero-order chi connectivity index (χ0) is 17.2. The van der Waals surface area contributed by atoms with Crippen molar-refractivity contribution < 1.29 is 9.31 Å². The van der Waals surface area contributed by atoms with Crippen molar-refractivity contribution in [3.8, 4) is 0 Å². The summed E-state index contributed by atoms with van der Waals surface area (Å²) in [7, 11) is -0.426. The van der Waals surface area contributed by atoms with Crippen molar-refractivity contribution >= 4 is 18.5 Å². The molecular formula is C16H24BN5O2. The molecule has 0 atom stereocenters. The van der Waals surface area contributed by atoms with Gasteiger partial charge in [-0.1, -0.05) is 0 Å². The van der Waals surface area contributed by atoms with Gasteiger partial charge in [0, 0.05) is 43.3 Å². The van der Waals surface area contributed by atoms with E-state index in [4.69, 9.17) is 9.31 Å². The molecule has 0 amide bonds. The van der Waals surface area contributed by atoms with Gasteiger partial charge in [0.2, 0.25) is 5.95 Å². The fourth-order valence-electron chi connectivity index (χ4n) is 2.41. The van der Waals surface area contributed by atoms with Crippen LogP contribution in [0.3, 0.4) is 0 Å². The number of hydrogen-bond donors (Lipinski definition) is 1. The molecule has 1 saturated heterocycles. The summed E-state index contributed by atoms with van der Waals surface area (Å²) in [5.41, 5.74) is 0.113. The third-order valence-corrected chi connectivity index (χ3v) is 4.63. The van der Waals surface area contributed by atoms with Crippen LogP contribution in [-0.2, 0) is 15.9 Å². The number of nitrogens with one attached hydrogen (secondary N) is 1. The van der Waals surface area contributed by atoms with Crippen molar-refractivity contribution in [3.05, 3.63) is 31.1 Å². The second kappa shape index (κ2) is 6.53. The van der Waals surface area contributed by atoms with Gasteiger partial charge in [0.25, 0.3) is 0 Å². The summed E-state index contributed by atoms with van der Waals surface area (Å²) in [6.07, 6.45) is 10.0. The normalized spacial score (nSPS) is 18.8. The Kier molecular flexibility index (Phi) is 4.60. The van der Waals surface area contributed by atoms with Gasteiger partial charge in [0.05, 0.1) is 17.5 Å². The Morgan fingerprint density at radius 3 is 2.38 bits per heavy atom. The molecule has 1 aliphatic rings. The summed E-state index contributed by atoms with van der Waals surface area (Å²) in [6.45, 7) is 9.84. The highest BCUT2D eigenvalue weighted by Gasteiger charge is 2.51. The lowest BCUT2D eigenvalue weighted by molar-refractivity contribution is 0.00578. The first-order valence-electron chi connectivity index (χ1n) is 8.25. The standard InChI is InChI=1S/C16H24BN5O2/c1-15(2)16(3,4)24-17(23-15)13-10-20-14(21-11-13)19-6-5-8-22-9-7-18-12-22/h7,9-12H,5-6,8H2,1-4H3,(H,19,20,21). The van der Waals surface area contributed by atoms with E-state index in [1.165, 1.54) is 0 Å². The van der Waals surface area contributed by atoms with E-state index in [2.05, 4.69) is 20.3 Å². The molecule has 0 saturated carbocycles. The van der Waals surface area contributed by atoms with E-state index in [1.54, 1.807) is 18.6 Å². The first kappa shape index (κ1) is 16.9. The van der Waals surface area contributed by atoms with Crippen LogP contribution < -0.4 is 10.8 Å². The quantitative estimate of drug-likeness (QED) is 0.639. The molecule has 2 aromatic rings. The predicted octanol–water partition coefficient (Wildman–Crippen LogP) is 1.47. The van der Waals surface area contributed by atoms with Crippen LogP contribution in [0.4, 0.5) is 5.95 Å². The summed E-state index contributed by atoms with van der Waals surface area (Å²) in [5.74, 6) is 0.612. The van der Waals surface area contributed by atoms with Gasteiger partial charge in [-0.3, -0.25) is 0 Å². The van der Waals surface area contributed by atoms with Crippen molar-refractivity contribution in [1.82, 2.24) is 19.5 Å². The van der Waals surface area contributed by atoms with Crippen molar-refractivity contribution in [1.29, 1.82) is 0 Å². The van der Waals surface area contributed by atoms with E-state index >= 15 is 0 Å². The first-order chi connectivity index (χ1) is 11.4. The first-order valence-corrected chi connectivity index (χ1v) is 8.25. The van der Waals surface area contributed by atoms with Gasteiger partial charge in [-0.05, 0) is 34.1 Å². The molecular weight excluding hydrogens is 305 g/mol. The van der Waals surface area contributed by atoms with Crippen LogP contribution in [0.1, 0.15) is 34.1 Å². The zero-order valence-corrected chi connectivity index (χ0v) is 14.7. The lowest BCUT2D eigenvalue weighted by Crippen LogP contribution is -2.41. The minimum Gasteiger partial charge on any atom is -0.399 e. The van der Waals surface area contributed by atoms with Crippen LogP contribution in [0.15, 0.2) is 31.1 Å². The summed E-state index contributed by atoms with van der Waals surface area (Å²) in [6, 6.07) is 0. The number of hydrogen-bond acceptors (Lipinski definition) is 6. The van der Waals surface area contributed by atoms with Crippen LogP contribution in [0.25, 0.3) is 0 Å². The van der Waals surface area contributed by atoms with E-state index in [1.807, 2.05) is 44.8 Å². The molecule has 1 aliphatic heterocycles. The summed E-state index contributed by atoms with van der Waals surface area (Å²) >= 11 is 0. The average Bonchev–Trinajstić information content (AvgIpc) is 3.11. The highest BCUT2D eigenvalue weighted by molar-refractivity contribution is 6.61. The Balaban J connectivity index is 1.51. The number of aryl methyl sites for hydroxylation is 1. The van der Waals surface area contributed by atoms with Crippen molar-refractivity contribution in [2.75, 3.05) is 11.9 Å². The maximum absolute atomic E-state index is 6.00. The van der Waals surface area contributed by atoms with E-state index < -0.39 is 7.12 Å². The topological polar surface area (TPSA) is 74.1 Å². The highest BCUT2D eigenvalue weighted by Crippen LogP contribution is 2.36. The maximum atomic E-state index is 6.00. The molecule has 0 spiro atoms. The predicted molar refractivity (Wildman–Crippen MR) is 93.1 cm³/mol. The van der Waals surface area contributed by atoms with Gasteiger partial charge in [-0.25, -0.2) is 15.0 Å². The van der Waals surface area contributed by atoms with Gasteiger partial charge in [0.15, 0.2) is 0 Å². The Morgan fingerprint density at radius 2 is 1.79 bits per heavy atom. The molecule has 24 heavy (non-hydrogen) atoms. The van der Waals surface area contributed by atoms with E-state index in [-0.39, 0.29) is 11.2 Å². The molecule has 0 radical (unpaired) electrons. The molecule has 8 heteroatoms. The molecule has 1 fully saturated rings. The molecule has 0 aromatic carbocycles. The lowest BCUT2D eigenvalue weighted by atomic mass is 9.81. The minimum atomic E-state index is -0.426. The van der Waals surface area contributed by atoms with Crippen LogP contribution >= 0.6 is 0 Å². The van der Waals surface area contributed by atoms with Crippen molar-refractivity contribution in [2.45, 2.75) is 51.9 Å². The lowest BCUT2D eigenvalue weighted by Gasteiger charge is -2.32. The number of imidazole rings is 1. The van der Waals surface area contributed by atoms with Gasteiger partial charge in [0.1, 0.15) is 0 Å². The molecule has 3 heterocycles. The molecule has 0 aliphatic carbocycles. The van der Waals surface area contributed by atoms with Gasteiger partial charge >= 0.3 is 7.12 Å².